The molecular weight excluding hydrogens is 232 g/mol. The van der Waals surface area contributed by atoms with E-state index in [1.54, 1.807) is 4.90 Å². The highest BCUT2D eigenvalue weighted by Crippen LogP contribution is 2.29. The summed E-state index contributed by atoms with van der Waals surface area (Å²) in [6, 6.07) is 6.93. The number of para-hydroxylation sites is 1. The minimum absolute atomic E-state index is 0.120. The lowest BCUT2D eigenvalue weighted by atomic mass is 10.2. The summed E-state index contributed by atoms with van der Waals surface area (Å²) >= 11 is 0. The number of fused-ring (bicyclic) bond motifs is 2. The first-order chi connectivity index (χ1) is 8.65. The number of nitrogens with zero attached hydrogens (tertiary/aromatic N) is 1. The minimum atomic E-state index is -0.404. The van der Waals surface area contributed by atoms with Crippen molar-refractivity contribution in [2.45, 2.75) is 25.5 Å². The number of amides is 2. The van der Waals surface area contributed by atoms with E-state index in [0.29, 0.717) is 13.0 Å². The van der Waals surface area contributed by atoms with Crippen molar-refractivity contribution in [3.8, 4) is 0 Å². The minimum Gasteiger partial charge on any atom is -0.459 e. The fraction of sp³-hybridized carbons (Fsp3) is 0.385. The van der Waals surface area contributed by atoms with Crippen molar-refractivity contribution in [3.05, 3.63) is 29.8 Å². The second-order valence-corrected chi connectivity index (χ2v) is 4.71. The van der Waals surface area contributed by atoms with Gasteiger partial charge >= 0.3 is 12.0 Å². The maximum absolute atomic E-state index is 12.1. The van der Waals surface area contributed by atoms with Gasteiger partial charge in [-0.05, 0) is 18.6 Å². The summed E-state index contributed by atoms with van der Waals surface area (Å²) in [6.45, 7) is 2.42. The van der Waals surface area contributed by atoms with Crippen molar-refractivity contribution in [2.24, 2.45) is 0 Å². The van der Waals surface area contributed by atoms with Crippen molar-refractivity contribution in [1.29, 1.82) is 0 Å². The number of morpholine rings is 1. The molecule has 2 aliphatic heterocycles. The van der Waals surface area contributed by atoms with E-state index in [4.69, 9.17) is 4.74 Å². The van der Waals surface area contributed by atoms with E-state index < -0.39 is 6.04 Å². The van der Waals surface area contributed by atoms with Crippen molar-refractivity contribution in [1.82, 2.24) is 4.90 Å². The normalized spacial score (nSPS) is 25.2. The van der Waals surface area contributed by atoms with Gasteiger partial charge in [-0.15, -0.1) is 0 Å². The van der Waals surface area contributed by atoms with Crippen LogP contribution in [0.15, 0.2) is 24.3 Å². The number of aryl methyl sites for hydroxylation is 1. The number of esters is 1. The molecule has 0 spiro atoms. The molecule has 1 N–H and O–H groups in total. The number of urea groups is 1. The van der Waals surface area contributed by atoms with Gasteiger partial charge < -0.3 is 15.0 Å². The van der Waals surface area contributed by atoms with Gasteiger partial charge in [0.1, 0.15) is 12.1 Å². The highest BCUT2D eigenvalue weighted by molar-refractivity contribution is 5.94. The molecule has 18 heavy (non-hydrogen) atoms. The molecule has 0 radical (unpaired) electrons. The summed E-state index contributed by atoms with van der Waals surface area (Å²) in [7, 11) is 0. The van der Waals surface area contributed by atoms with E-state index in [1.807, 2.05) is 31.2 Å². The molecule has 1 aromatic carbocycles. The van der Waals surface area contributed by atoms with Crippen molar-refractivity contribution >= 4 is 17.7 Å². The van der Waals surface area contributed by atoms with E-state index in [-0.39, 0.29) is 18.1 Å². The van der Waals surface area contributed by atoms with Gasteiger partial charge in [-0.1, -0.05) is 18.2 Å². The first-order valence-corrected chi connectivity index (χ1v) is 5.99. The number of likely N-dealkylation sites (tertiary alicyclic amines) is 1. The quantitative estimate of drug-likeness (QED) is 0.764. The Balaban J connectivity index is 1.73. The number of carbonyl (C=O) groups is 2. The third-order valence-electron chi connectivity index (χ3n) is 3.47. The van der Waals surface area contributed by atoms with E-state index in [9.17, 15) is 9.59 Å². The highest BCUT2D eigenvalue weighted by Gasteiger charge is 2.48. The zero-order valence-corrected chi connectivity index (χ0v) is 10.1. The third kappa shape index (κ3) is 1.72. The summed E-state index contributed by atoms with van der Waals surface area (Å²) in [5.74, 6) is -0.286. The molecule has 2 saturated heterocycles. The summed E-state index contributed by atoms with van der Waals surface area (Å²) < 4.78 is 5.05. The SMILES string of the molecule is Cc1ccccc1NC(=O)N1C[C@H]2C[C@@H]1C(=O)O2. The van der Waals surface area contributed by atoms with E-state index in [1.165, 1.54) is 0 Å². The number of nitrogens with one attached hydrogen (secondary N) is 1. The van der Waals surface area contributed by atoms with Gasteiger partial charge in [0, 0.05) is 12.1 Å². The Hall–Kier alpha value is -2.04. The molecule has 3 rings (SSSR count). The number of hydrogen-bond acceptors (Lipinski definition) is 3. The maximum Gasteiger partial charge on any atom is 0.329 e. The zero-order valence-electron chi connectivity index (χ0n) is 10.1. The molecule has 0 aliphatic carbocycles. The Labute approximate surface area is 105 Å². The second-order valence-electron chi connectivity index (χ2n) is 4.71. The van der Waals surface area contributed by atoms with Crippen LogP contribution in [0, 0.1) is 6.92 Å². The van der Waals surface area contributed by atoms with Crippen LogP contribution in [-0.4, -0.2) is 35.6 Å². The molecule has 0 saturated carbocycles. The topological polar surface area (TPSA) is 58.6 Å². The number of rotatable bonds is 1. The van der Waals surface area contributed by atoms with Crippen LogP contribution < -0.4 is 5.32 Å². The number of carbonyl (C=O) groups excluding carboxylic acids is 2. The lowest BCUT2D eigenvalue weighted by Crippen LogP contribution is -2.46. The van der Waals surface area contributed by atoms with Gasteiger partial charge in [0.2, 0.25) is 0 Å². The zero-order chi connectivity index (χ0) is 12.7. The predicted molar refractivity (Wildman–Crippen MR) is 65.2 cm³/mol. The van der Waals surface area contributed by atoms with Crippen LogP contribution in [0.1, 0.15) is 12.0 Å². The van der Waals surface area contributed by atoms with Crippen LogP contribution in [0.2, 0.25) is 0 Å². The summed E-state index contributed by atoms with van der Waals surface area (Å²) in [5.41, 5.74) is 1.77. The van der Waals surface area contributed by atoms with E-state index in [2.05, 4.69) is 5.32 Å². The first kappa shape index (κ1) is 11.1. The first-order valence-electron chi connectivity index (χ1n) is 5.99. The molecule has 5 nitrogen and oxygen atoms in total. The van der Waals surface area contributed by atoms with Gasteiger partial charge in [0.15, 0.2) is 0 Å². The Kier molecular flexibility index (Phi) is 2.47. The summed E-state index contributed by atoms with van der Waals surface area (Å²) in [4.78, 5) is 25.1. The molecule has 2 fully saturated rings. The van der Waals surface area contributed by atoms with Crippen LogP contribution in [-0.2, 0) is 9.53 Å². The average molecular weight is 246 g/mol. The molecule has 2 aliphatic rings. The van der Waals surface area contributed by atoms with Gasteiger partial charge in [-0.2, -0.15) is 0 Å². The van der Waals surface area contributed by atoms with Crippen molar-refractivity contribution < 1.29 is 14.3 Å². The fourth-order valence-electron chi connectivity index (χ4n) is 2.47. The Bertz CT molecular complexity index is 515. The van der Waals surface area contributed by atoms with Crippen molar-refractivity contribution in [3.63, 3.8) is 0 Å². The maximum atomic E-state index is 12.1. The number of benzene rings is 1. The van der Waals surface area contributed by atoms with Gasteiger partial charge in [0.25, 0.3) is 0 Å². The molecule has 2 bridgehead atoms. The molecule has 0 unspecified atom stereocenters. The van der Waals surface area contributed by atoms with Gasteiger partial charge in [-0.3, -0.25) is 0 Å². The standard InChI is InChI=1S/C13H14N2O3/c1-8-4-2-3-5-10(8)14-13(17)15-7-9-6-11(15)12(16)18-9/h2-5,9,11H,6-7H2,1H3,(H,14,17)/t9-,11-/m1/s1. The van der Waals surface area contributed by atoms with Crippen LogP contribution in [0.4, 0.5) is 10.5 Å². The molecule has 2 heterocycles. The van der Waals surface area contributed by atoms with E-state index in [0.717, 1.165) is 11.3 Å². The van der Waals surface area contributed by atoms with Crippen LogP contribution in [0.3, 0.4) is 0 Å². The Morgan fingerprint density at radius 1 is 1.44 bits per heavy atom. The average Bonchev–Trinajstić information content (AvgIpc) is 2.90. The molecule has 94 valence electrons. The summed E-state index contributed by atoms with van der Waals surface area (Å²) in [5, 5.41) is 2.84. The van der Waals surface area contributed by atoms with E-state index >= 15 is 0 Å². The number of anilines is 1. The molecule has 0 aromatic heterocycles. The number of ether oxygens (including phenoxy) is 1. The van der Waals surface area contributed by atoms with Gasteiger partial charge in [0.05, 0.1) is 6.54 Å². The van der Waals surface area contributed by atoms with Crippen molar-refractivity contribution in [2.75, 3.05) is 11.9 Å². The fourth-order valence-corrected chi connectivity index (χ4v) is 2.47. The lowest BCUT2D eigenvalue weighted by molar-refractivity contribution is -0.149. The molecule has 2 atom stereocenters. The van der Waals surface area contributed by atoms with Crippen LogP contribution >= 0.6 is 0 Å². The smallest absolute Gasteiger partial charge is 0.329 e. The molecule has 5 heteroatoms. The van der Waals surface area contributed by atoms with Gasteiger partial charge in [-0.25, -0.2) is 9.59 Å². The van der Waals surface area contributed by atoms with Crippen LogP contribution in [0.25, 0.3) is 0 Å². The predicted octanol–water partition coefficient (Wildman–Crippen LogP) is 1.53. The summed E-state index contributed by atoms with van der Waals surface area (Å²) in [6.07, 6.45) is 0.505. The Morgan fingerprint density at radius 3 is 2.89 bits per heavy atom. The van der Waals surface area contributed by atoms with Crippen LogP contribution in [0.5, 0.6) is 0 Å². The highest BCUT2D eigenvalue weighted by atomic mass is 16.6. The molecule has 2 amide bonds. The Morgan fingerprint density at radius 2 is 2.22 bits per heavy atom. The lowest BCUT2D eigenvalue weighted by Gasteiger charge is -2.26. The largest absolute Gasteiger partial charge is 0.459 e. The third-order valence-corrected chi connectivity index (χ3v) is 3.47. The number of hydrogen-bond donors (Lipinski definition) is 1. The molecular formula is C13H14N2O3. The monoisotopic (exact) mass is 246 g/mol. The second kappa shape index (κ2) is 4.01. The molecule has 1 aromatic rings.